The quantitative estimate of drug-likeness (QED) is 0.922. The van der Waals surface area contributed by atoms with E-state index in [0.717, 1.165) is 35.0 Å². The molecule has 21 heavy (non-hydrogen) atoms. The van der Waals surface area contributed by atoms with Crippen molar-refractivity contribution in [3.05, 3.63) is 24.0 Å². The van der Waals surface area contributed by atoms with E-state index in [1.165, 1.54) is 0 Å². The molecule has 0 saturated heterocycles. The normalized spacial score (nSPS) is 14.3. The number of hydrogen-bond acceptors (Lipinski definition) is 4. The van der Waals surface area contributed by atoms with Crippen LogP contribution in [0.25, 0.3) is 11.3 Å². The number of ether oxygens (including phenoxy) is 2. The molecule has 0 aliphatic carbocycles. The van der Waals surface area contributed by atoms with Gasteiger partial charge in [-0.25, -0.2) is 4.98 Å². The molecule has 0 radical (unpaired) electrons. The molecule has 0 fully saturated rings. The van der Waals surface area contributed by atoms with Gasteiger partial charge >= 0.3 is 0 Å². The van der Waals surface area contributed by atoms with Crippen LogP contribution in [0.5, 0.6) is 11.5 Å². The molecule has 1 aromatic heterocycles. The lowest BCUT2D eigenvalue weighted by Crippen LogP contribution is -2.02. The number of nitrogens with zero attached hydrogens (tertiary/aromatic N) is 2. The lowest BCUT2D eigenvalue weighted by atomic mass is 10.1. The van der Waals surface area contributed by atoms with Crippen molar-refractivity contribution in [2.24, 2.45) is 7.05 Å². The van der Waals surface area contributed by atoms with Gasteiger partial charge in [-0.15, -0.1) is 0 Å². The van der Waals surface area contributed by atoms with Gasteiger partial charge in [-0.3, -0.25) is 0 Å². The van der Waals surface area contributed by atoms with Gasteiger partial charge in [-0.05, 0) is 18.2 Å². The summed E-state index contributed by atoms with van der Waals surface area (Å²) in [6.07, 6.45) is 0.896. The van der Waals surface area contributed by atoms with Gasteiger partial charge in [-0.2, -0.15) is 0 Å². The zero-order valence-electron chi connectivity index (χ0n) is 12.7. The number of nitrogens with two attached hydrogens (primary N) is 1. The summed E-state index contributed by atoms with van der Waals surface area (Å²) in [5, 5.41) is 0. The highest BCUT2D eigenvalue weighted by Crippen LogP contribution is 2.36. The number of rotatable bonds is 2. The van der Waals surface area contributed by atoms with Crippen molar-refractivity contribution >= 4 is 5.82 Å². The monoisotopic (exact) mass is 287 g/mol. The van der Waals surface area contributed by atoms with Gasteiger partial charge in [0.2, 0.25) is 0 Å². The first-order valence-electron chi connectivity index (χ1n) is 7.30. The summed E-state index contributed by atoms with van der Waals surface area (Å²) in [4.78, 5) is 4.69. The minimum absolute atomic E-state index is 0.325. The molecule has 0 atom stereocenters. The molecule has 0 bridgehead atoms. The fourth-order valence-electron chi connectivity index (χ4n) is 2.57. The second-order valence-electron chi connectivity index (χ2n) is 5.63. The Morgan fingerprint density at radius 2 is 1.90 bits per heavy atom. The van der Waals surface area contributed by atoms with Crippen molar-refractivity contribution in [3.63, 3.8) is 0 Å². The Morgan fingerprint density at radius 3 is 2.57 bits per heavy atom. The van der Waals surface area contributed by atoms with Crippen molar-refractivity contribution in [2.75, 3.05) is 18.9 Å². The highest BCUT2D eigenvalue weighted by molar-refractivity contribution is 5.73. The van der Waals surface area contributed by atoms with E-state index in [2.05, 4.69) is 13.8 Å². The SMILES string of the molecule is CC(C)c1nc(-c2ccc3c(c2)OCCCO3)c(N)n1C. The maximum absolute atomic E-state index is 6.21. The van der Waals surface area contributed by atoms with Crippen LogP contribution in [-0.2, 0) is 7.05 Å². The van der Waals surface area contributed by atoms with Crippen molar-refractivity contribution in [1.82, 2.24) is 9.55 Å². The van der Waals surface area contributed by atoms with Crippen LogP contribution in [0, 0.1) is 0 Å². The summed E-state index contributed by atoms with van der Waals surface area (Å²) in [6, 6.07) is 5.87. The van der Waals surface area contributed by atoms with Crippen LogP contribution >= 0.6 is 0 Å². The topological polar surface area (TPSA) is 62.3 Å². The van der Waals surface area contributed by atoms with Crippen molar-refractivity contribution in [1.29, 1.82) is 0 Å². The Kier molecular flexibility index (Phi) is 3.49. The maximum Gasteiger partial charge on any atom is 0.161 e. The number of anilines is 1. The highest BCUT2D eigenvalue weighted by Gasteiger charge is 2.18. The van der Waals surface area contributed by atoms with Gasteiger partial charge in [0.1, 0.15) is 17.3 Å². The fourth-order valence-corrected chi connectivity index (χ4v) is 2.57. The summed E-state index contributed by atoms with van der Waals surface area (Å²) in [6.45, 7) is 5.58. The molecule has 5 nitrogen and oxygen atoms in total. The van der Waals surface area contributed by atoms with Gasteiger partial charge in [0, 0.05) is 24.9 Å². The van der Waals surface area contributed by atoms with E-state index in [0.29, 0.717) is 24.9 Å². The van der Waals surface area contributed by atoms with Crippen LogP contribution in [0.4, 0.5) is 5.82 Å². The number of hydrogen-bond donors (Lipinski definition) is 1. The first-order valence-corrected chi connectivity index (χ1v) is 7.30. The number of imidazole rings is 1. The lowest BCUT2D eigenvalue weighted by Gasteiger charge is -2.08. The predicted molar refractivity (Wildman–Crippen MR) is 82.8 cm³/mol. The smallest absolute Gasteiger partial charge is 0.161 e. The average molecular weight is 287 g/mol. The third kappa shape index (κ3) is 2.44. The van der Waals surface area contributed by atoms with E-state index in [1.54, 1.807) is 0 Å². The van der Waals surface area contributed by atoms with Crippen LogP contribution in [0.3, 0.4) is 0 Å². The van der Waals surface area contributed by atoms with Crippen LogP contribution in [0.15, 0.2) is 18.2 Å². The van der Waals surface area contributed by atoms with E-state index >= 15 is 0 Å². The minimum Gasteiger partial charge on any atom is -0.490 e. The van der Waals surface area contributed by atoms with E-state index in [9.17, 15) is 0 Å². The fraction of sp³-hybridized carbons (Fsp3) is 0.438. The average Bonchev–Trinajstić information content (AvgIpc) is 2.66. The van der Waals surface area contributed by atoms with Crippen LogP contribution in [0.1, 0.15) is 32.0 Å². The van der Waals surface area contributed by atoms with E-state index < -0.39 is 0 Å². The minimum atomic E-state index is 0.325. The Labute approximate surface area is 124 Å². The molecule has 0 amide bonds. The van der Waals surface area contributed by atoms with E-state index in [-0.39, 0.29) is 0 Å². The number of benzene rings is 1. The van der Waals surface area contributed by atoms with Crippen LogP contribution in [-0.4, -0.2) is 22.8 Å². The molecule has 3 rings (SSSR count). The molecule has 0 unspecified atom stereocenters. The summed E-state index contributed by atoms with van der Waals surface area (Å²) >= 11 is 0. The summed E-state index contributed by atoms with van der Waals surface area (Å²) in [7, 11) is 1.95. The third-order valence-corrected chi connectivity index (χ3v) is 3.71. The molecular weight excluding hydrogens is 266 g/mol. The van der Waals surface area contributed by atoms with Gasteiger partial charge < -0.3 is 19.8 Å². The Balaban J connectivity index is 2.05. The van der Waals surface area contributed by atoms with E-state index in [4.69, 9.17) is 20.2 Å². The molecule has 2 N–H and O–H groups in total. The molecule has 2 heterocycles. The molecule has 112 valence electrons. The second kappa shape index (κ2) is 5.31. The first-order chi connectivity index (χ1) is 10.1. The van der Waals surface area contributed by atoms with Crippen molar-refractivity contribution in [2.45, 2.75) is 26.2 Å². The Hall–Kier alpha value is -2.17. The third-order valence-electron chi connectivity index (χ3n) is 3.71. The standard InChI is InChI=1S/C16H21N3O2/c1-10(2)16-18-14(15(17)19(16)3)11-5-6-12-13(9-11)21-8-4-7-20-12/h5-6,9-10H,4,7-8,17H2,1-3H3. The summed E-state index contributed by atoms with van der Waals surface area (Å²) < 4.78 is 13.3. The molecule has 1 aliphatic rings. The Bertz CT molecular complexity index is 662. The zero-order valence-corrected chi connectivity index (χ0v) is 12.7. The van der Waals surface area contributed by atoms with Crippen molar-refractivity contribution < 1.29 is 9.47 Å². The number of nitrogen functional groups attached to an aromatic ring is 1. The first kappa shape index (κ1) is 13.8. The number of fused-ring (bicyclic) bond motifs is 1. The van der Waals surface area contributed by atoms with E-state index in [1.807, 2.05) is 29.8 Å². The van der Waals surface area contributed by atoms with Gasteiger partial charge in [0.25, 0.3) is 0 Å². The molecule has 5 heteroatoms. The maximum atomic E-state index is 6.21. The summed E-state index contributed by atoms with van der Waals surface area (Å²) in [5.74, 6) is 3.53. The Morgan fingerprint density at radius 1 is 1.19 bits per heavy atom. The second-order valence-corrected chi connectivity index (χ2v) is 5.63. The highest BCUT2D eigenvalue weighted by atomic mass is 16.5. The molecule has 2 aromatic rings. The van der Waals surface area contributed by atoms with Crippen LogP contribution < -0.4 is 15.2 Å². The molecule has 1 aliphatic heterocycles. The molecule has 0 saturated carbocycles. The van der Waals surface area contributed by atoms with Crippen LogP contribution in [0.2, 0.25) is 0 Å². The van der Waals surface area contributed by atoms with Gasteiger partial charge in [0.15, 0.2) is 11.5 Å². The summed E-state index contributed by atoms with van der Waals surface area (Å²) in [5.41, 5.74) is 7.97. The van der Waals surface area contributed by atoms with Crippen molar-refractivity contribution in [3.8, 4) is 22.8 Å². The largest absolute Gasteiger partial charge is 0.490 e. The molecule has 1 aromatic carbocycles. The lowest BCUT2D eigenvalue weighted by molar-refractivity contribution is 0.297. The molecule has 0 spiro atoms. The number of aromatic nitrogens is 2. The molecular formula is C16H21N3O2. The van der Waals surface area contributed by atoms with Gasteiger partial charge in [0.05, 0.1) is 13.2 Å². The predicted octanol–water partition coefficient (Wildman–Crippen LogP) is 2.95. The van der Waals surface area contributed by atoms with Gasteiger partial charge in [-0.1, -0.05) is 13.8 Å². The zero-order chi connectivity index (χ0) is 15.0.